The van der Waals surface area contributed by atoms with Crippen LogP contribution in [0, 0.1) is 11.8 Å². The minimum atomic E-state index is -0.466. The van der Waals surface area contributed by atoms with Crippen LogP contribution in [0.1, 0.15) is 53.9 Å². The molecule has 3 atom stereocenters. The maximum Gasteiger partial charge on any atom is 0.163 e. The molecule has 2 nitrogen and oxygen atoms in total. The molecule has 0 amide bonds. The monoisotopic (exact) mass is 266 g/mol. The summed E-state index contributed by atoms with van der Waals surface area (Å²) in [5.74, 6) is 0.535. The van der Waals surface area contributed by atoms with Crippen LogP contribution < -0.4 is 0 Å². The van der Waals surface area contributed by atoms with E-state index < -0.39 is 5.79 Å². The molecule has 0 N–H and O–H groups in total. The summed E-state index contributed by atoms with van der Waals surface area (Å²) in [5, 5.41) is 0. The number of allylic oxidation sites excluding steroid dienone is 2. The maximum atomic E-state index is 6.18. The second-order valence-electron chi connectivity index (χ2n) is 6.75. The standard InChI is InChI=1S/C17H30O2/c1-8-14(4)9-10-15(11-13(2)3)17(7)12-18-16(5,6)19-17/h8,14-15H,1-2,9-12H2,3-7H3/t14-,15-,17-/m1/s1. The summed E-state index contributed by atoms with van der Waals surface area (Å²) in [6.07, 6.45) is 5.28. The Labute approximate surface area is 118 Å². The minimum Gasteiger partial charge on any atom is -0.347 e. The van der Waals surface area contributed by atoms with Crippen LogP contribution in [-0.2, 0) is 9.47 Å². The minimum absolute atomic E-state index is 0.205. The van der Waals surface area contributed by atoms with Gasteiger partial charge in [-0.3, -0.25) is 0 Å². The first-order valence-electron chi connectivity index (χ1n) is 7.29. The molecule has 2 heteroatoms. The third-order valence-electron chi connectivity index (χ3n) is 4.02. The molecule has 1 fully saturated rings. The molecule has 0 spiro atoms. The molecule has 110 valence electrons. The van der Waals surface area contributed by atoms with Gasteiger partial charge in [-0.15, -0.1) is 13.2 Å². The van der Waals surface area contributed by atoms with Crippen molar-refractivity contribution in [2.45, 2.75) is 65.3 Å². The van der Waals surface area contributed by atoms with Crippen LogP contribution in [0.2, 0.25) is 0 Å². The van der Waals surface area contributed by atoms with Crippen molar-refractivity contribution in [1.29, 1.82) is 0 Å². The largest absolute Gasteiger partial charge is 0.347 e. The fourth-order valence-electron chi connectivity index (χ4n) is 2.76. The molecule has 0 aromatic rings. The van der Waals surface area contributed by atoms with Crippen molar-refractivity contribution in [3.63, 3.8) is 0 Å². The Morgan fingerprint density at radius 2 is 1.95 bits per heavy atom. The van der Waals surface area contributed by atoms with Gasteiger partial charge in [0.05, 0.1) is 12.2 Å². The smallest absolute Gasteiger partial charge is 0.163 e. The zero-order valence-corrected chi connectivity index (χ0v) is 13.3. The lowest BCUT2D eigenvalue weighted by molar-refractivity contribution is -0.169. The Hall–Kier alpha value is -0.600. The van der Waals surface area contributed by atoms with Crippen molar-refractivity contribution in [1.82, 2.24) is 0 Å². The van der Waals surface area contributed by atoms with Crippen LogP contribution in [0.25, 0.3) is 0 Å². The molecule has 0 saturated carbocycles. The van der Waals surface area contributed by atoms with Gasteiger partial charge < -0.3 is 9.47 Å². The lowest BCUT2D eigenvalue weighted by Gasteiger charge is -2.34. The van der Waals surface area contributed by atoms with Gasteiger partial charge in [-0.2, -0.15) is 0 Å². The predicted molar refractivity (Wildman–Crippen MR) is 81.0 cm³/mol. The van der Waals surface area contributed by atoms with Gasteiger partial charge in [0, 0.05) is 0 Å². The maximum absolute atomic E-state index is 6.18. The van der Waals surface area contributed by atoms with Crippen LogP contribution in [0.4, 0.5) is 0 Å². The molecular weight excluding hydrogens is 236 g/mol. The summed E-state index contributed by atoms with van der Waals surface area (Å²) >= 11 is 0. The van der Waals surface area contributed by atoms with E-state index in [1.807, 2.05) is 19.9 Å². The van der Waals surface area contributed by atoms with Crippen molar-refractivity contribution in [3.8, 4) is 0 Å². The van der Waals surface area contributed by atoms with Crippen molar-refractivity contribution >= 4 is 0 Å². The van der Waals surface area contributed by atoms with E-state index in [0.29, 0.717) is 18.4 Å². The molecule has 19 heavy (non-hydrogen) atoms. The summed E-state index contributed by atoms with van der Waals surface area (Å²) in [5.41, 5.74) is 1.01. The van der Waals surface area contributed by atoms with Crippen LogP contribution in [0.5, 0.6) is 0 Å². The quantitative estimate of drug-likeness (QED) is 0.621. The second kappa shape index (κ2) is 6.23. The number of hydrogen-bond acceptors (Lipinski definition) is 2. The molecule has 1 rings (SSSR count). The molecule has 0 aromatic heterocycles. The highest BCUT2D eigenvalue weighted by molar-refractivity contribution is 4.99. The highest BCUT2D eigenvalue weighted by Crippen LogP contribution is 2.40. The van der Waals surface area contributed by atoms with Crippen molar-refractivity contribution in [2.24, 2.45) is 11.8 Å². The van der Waals surface area contributed by atoms with Gasteiger partial charge in [0.15, 0.2) is 5.79 Å². The van der Waals surface area contributed by atoms with Crippen molar-refractivity contribution in [3.05, 3.63) is 24.8 Å². The van der Waals surface area contributed by atoms with Crippen molar-refractivity contribution < 1.29 is 9.47 Å². The van der Waals surface area contributed by atoms with E-state index in [4.69, 9.17) is 9.47 Å². The van der Waals surface area contributed by atoms with Gasteiger partial charge in [0.1, 0.15) is 0 Å². The van der Waals surface area contributed by atoms with E-state index in [1.165, 1.54) is 5.57 Å². The topological polar surface area (TPSA) is 18.5 Å². The summed E-state index contributed by atoms with van der Waals surface area (Å²) in [6.45, 7) is 19.1. The van der Waals surface area contributed by atoms with E-state index in [1.54, 1.807) is 0 Å². The molecule has 1 aliphatic rings. The molecular formula is C17H30O2. The lowest BCUT2D eigenvalue weighted by atomic mass is 9.80. The fraction of sp³-hybridized carbons (Fsp3) is 0.765. The molecule has 0 aromatic carbocycles. The van der Waals surface area contributed by atoms with E-state index >= 15 is 0 Å². The molecule has 0 radical (unpaired) electrons. The Kier molecular flexibility index (Phi) is 5.40. The van der Waals surface area contributed by atoms with E-state index in [-0.39, 0.29) is 5.60 Å². The molecule has 1 heterocycles. The average molecular weight is 266 g/mol. The predicted octanol–water partition coefficient (Wildman–Crippen LogP) is 4.71. The van der Waals surface area contributed by atoms with Crippen LogP contribution in [0.15, 0.2) is 24.8 Å². The van der Waals surface area contributed by atoms with Gasteiger partial charge in [0.2, 0.25) is 0 Å². The Morgan fingerprint density at radius 1 is 1.32 bits per heavy atom. The third kappa shape index (κ3) is 4.77. The number of hydrogen-bond donors (Lipinski definition) is 0. The molecule has 0 aliphatic carbocycles. The van der Waals surface area contributed by atoms with Gasteiger partial charge in [0.25, 0.3) is 0 Å². The number of ether oxygens (including phenoxy) is 2. The zero-order chi connectivity index (χ0) is 14.7. The normalized spacial score (nSPS) is 28.9. The zero-order valence-electron chi connectivity index (χ0n) is 13.3. The Balaban J connectivity index is 2.73. The second-order valence-corrected chi connectivity index (χ2v) is 6.75. The average Bonchev–Trinajstić information content (AvgIpc) is 2.59. The fourth-order valence-corrected chi connectivity index (χ4v) is 2.76. The molecule has 1 saturated heterocycles. The SMILES string of the molecule is C=C[C@@H](C)CC[C@H](CC(=C)C)[C@@]1(C)COC(C)(C)O1. The first-order valence-corrected chi connectivity index (χ1v) is 7.29. The molecule has 0 bridgehead atoms. The van der Waals surface area contributed by atoms with Crippen LogP contribution in [0.3, 0.4) is 0 Å². The molecule has 0 unspecified atom stereocenters. The van der Waals surface area contributed by atoms with Crippen LogP contribution >= 0.6 is 0 Å². The van der Waals surface area contributed by atoms with E-state index in [9.17, 15) is 0 Å². The third-order valence-corrected chi connectivity index (χ3v) is 4.02. The van der Waals surface area contributed by atoms with Gasteiger partial charge >= 0.3 is 0 Å². The van der Waals surface area contributed by atoms with E-state index in [2.05, 4.69) is 33.9 Å². The van der Waals surface area contributed by atoms with E-state index in [0.717, 1.165) is 19.3 Å². The first kappa shape index (κ1) is 16.5. The summed E-state index contributed by atoms with van der Waals surface area (Å²) in [7, 11) is 0. The van der Waals surface area contributed by atoms with Crippen molar-refractivity contribution in [2.75, 3.05) is 6.61 Å². The van der Waals surface area contributed by atoms with Gasteiger partial charge in [-0.25, -0.2) is 0 Å². The summed E-state index contributed by atoms with van der Waals surface area (Å²) in [6, 6.07) is 0. The van der Waals surface area contributed by atoms with Crippen LogP contribution in [-0.4, -0.2) is 18.0 Å². The number of rotatable bonds is 7. The van der Waals surface area contributed by atoms with Gasteiger partial charge in [-0.05, 0) is 58.8 Å². The Bertz CT molecular complexity index is 332. The summed E-state index contributed by atoms with van der Waals surface area (Å²) in [4.78, 5) is 0. The Morgan fingerprint density at radius 3 is 2.37 bits per heavy atom. The highest BCUT2D eigenvalue weighted by Gasteiger charge is 2.46. The first-order chi connectivity index (χ1) is 8.68. The van der Waals surface area contributed by atoms with Gasteiger partial charge in [-0.1, -0.05) is 18.6 Å². The lowest BCUT2D eigenvalue weighted by Crippen LogP contribution is -2.39. The molecule has 1 aliphatic heterocycles. The summed E-state index contributed by atoms with van der Waals surface area (Å²) < 4.78 is 12.0. The highest BCUT2D eigenvalue weighted by atomic mass is 16.8.